The second-order valence-electron chi connectivity index (χ2n) is 6.24. The van der Waals surface area contributed by atoms with Crippen LogP contribution in [0.2, 0.25) is 0 Å². The number of rotatable bonds is 7. The summed E-state index contributed by atoms with van der Waals surface area (Å²) in [7, 11) is 1.48. The Kier molecular flexibility index (Phi) is 10.4. The highest BCUT2D eigenvalue weighted by molar-refractivity contribution is 5.96. The van der Waals surface area contributed by atoms with Crippen molar-refractivity contribution in [2.24, 2.45) is 5.73 Å². The number of benzene rings is 1. The molecule has 27 heavy (non-hydrogen) atoms. The quantitative estimate of drug-likeness (QED) is 0.425. The van der Waals surface area contributed by atoms with Gasteiger partial charge < -0.3 is 31.6 Å². The number of ether oxygens (including phenoxy) is 2. The first-order valence-corrected chi connectivity index (χ1v) is 8.77. The third kappa shape index (κ3) is 9.39. The van der Waals surface area contributed by atoms with Crippen molar-refractivity contribution in [1.29, 1.82) is 0 Å². The van der Waals surface area contributed by atoms with Gasteiger partial charge in [0.25, 0.3) is 0 Å². The van der Waals surface area contributed by atoms with Gasteiger partial charge in [0.15, 0.2) is 0 Å². The second-order valence-corrected chi connectivity index (χ2v) is 6.24. The molecule has 0 saturated carbocycles. The van der Waals surface area contributed by atoms with E-state index in [4.69, 9.17) is 20.9 Å². The number of anilines is 2. The molecule has 0 aliphatic carbocycles. The van der Waals surface area contributed by atoms with Crippen molar-refractivity contribution < 1.29 is 19.1 Å². The molecule has 8 heteroatoms. The number of methoxy groups -OCH3 is 1. The van der Waals surface area contributed by atoms with E-state index in [9.17, 15) is 9.59 Å². The first-order chi connectivity index (χ1) is 12.6. The highest BCUT2D eigenvalue weighted by Gasteiger charge is 2.15. The molecule has 0 atom stereocenters. The summed E-state index contributed by atoms with van der Waals surface area (Å²) in [4.78, 5) is 22.7. The normalized spacial score (nSPS) is 10.6. The molecule has 0 heterocycles. The Morgan fingerprint density at radius 3 is 2.26 bits per heavy atom. The van der Waals surface area contributed by atoms with Gasteiger partial charge in [0, 0.05) is 18.7 Å². The topological polar surface area (TPSA) is 129 Å². The molecular formula is C19H32N4O4. The number of hydrogen-bond donors (Lipinski definition) is 4. The maximum atomic E-state index is 11.5. The summed E-state index contributed by atoms with van der Waals surface area (Å²) in [5.41, 5.74) is 11.8. The van der Waals surface area contributed by atoms with E-state index in [0.29, 0.717) is 30.2 Å². The Bertz CT molecular complexity index is 652. The maximum absolute atomic E-state index is 11.5. The van der Waals surface area contributed by atoms with Crippen LogP contribution in [0.25, 0.3) is 0 Å². The first kappa shape index (κ1) is 24.1. The molecule has 8 nitrogen and oxygen atoms in total. The minimum absolute atomic E-state index is 0.275. The summed E-state index contributed by atoms with van der Waals surface area (Å²) in [5, 5.41) is 5.71. The van der Waals surface area contributed by atoms with Gasteiger partial charge in [0.05, 0.1) is 12.8 Å². The van der Waals surface area contributed by atoms with Gasteiger partial charge in [0.2, 0.25) is 5.91 Å². The van der Waals surface area contributed by atoms with Crippen LogP contribution in [0.3, 0.4) is 0 Å². The van der Waals surface area contributed by atoms with E-state index in [1.807, 2.05) is 19.9 Å². The molecule has 1 aromatic carbocycles. The third-order valence-electron chi connectivity index (χ3n) is 2.96. The standard InChI is InChI=1S/C17H26N4O4.C2H6/c1-17(2,3)25-16(23)21-8-6-5-7-20-14-12(18)9-11(15(19)22)10-13(14)24-4;1-2/h5-6,9-10,20H,7-8,18H2,1-4H3,(H2,19,22)(H,21,23);1-2H3/b6-5+;. The van der Waals surface area contributed by atoms with Crippen LogP contribution in [0.15, 0.2) is 24.3 Å². The molecule has 1 aromatic rings. The largest absolute Gasteiger partial charge is 0.494 e. The summed E-state index contributed by atoms with van der Waals surface area (Å²) in [6.45, 7) is 10.2. The molecule has 0 aromatic heterocycles. The van der Waals surface area contributed by atoms with E-state index >= 15 is 0 Å². The third-order valence-corrected chi connectivity index (χ3v) is 2.96. The Labute approximate surface area is 161 Å². The monoisotopic (exact) mass is 380 g/mol. The number of amides is 2. The Morgan fingerprint density at radius 2 is 1.74 bits per heavy atom. The van der Waals surface area contributed by atoms with Crippen molar-refractivity contribution in [3.8, 4) is 5.75 Å². The number of nitrogen functional groups attached to an aromatic ring is 1. The minimum Gasteiger partial charge on any atom is -0.494 e. The van der Waals surface area contributed by atoms with Crippen LogP contribution in [0.5, 0.6) is 5.75 Å². The molecule has 152 valence electrons. The lowest BCUT2D eigenvalue weighted by Gasteiger charge is -2.19. The molecule has 0 radical (unpaired) electrons. The highest BCUT2D eigenvalue weighted by Crippen LogP contribution is 2.32. The predicted molar refractivity (Wildman–Crippen MR) is 109 cm³/mol. The van der Waals surface area contributed by atoms with Gasteiger partial charge in [-0.3, -0.25) is 4.79 Å². The average Bonchev–Trinajstić information content (AvgIpc) is 2.58. The van der Waals surface area contributed by atoms with Gasteiger partial charge in [-0.2, -0.15) is 0 Å². The van der Waals surface area contributed by atoms with Gasteiger partial charge in [-0.25, -0.2) is 4.79 Å². The summed E-state index contributed by atoms with van der Waals surface area (Å²) in [6.07, 6.45) is 3.12. The molecule has 0 fully saturated rings. The number of hydrogen-bond acceptors (Lipinski definition) is 6. The fourth-order valence-electron chi connectivity index (χ4n) is 1.91. The molecule has 1 rings (SSSR count). The minimum atomic E-state index is -0.579. The zero-order valence-electron chi connectivity index (χ0n) is 17.0. The molecule has 0 aliphatic rings. The van der Waals surface area contributed by atoms with E-state index in [1.54, 1.807) is 26.8 Å². The van der Waals surface area contributed by atoms with Gasteiger partial charge in [-0.15, -0.1) is 0 Å². The van der Waals surface area contributed by atoms with Crippen molar-refractivity contribution in [2.75, 3.05) is 31.2 Å². The Hall–Kier alpha value is -2.90. The van der Waals surface area contributed by atoms with Crippen LogP contribution in [0.1, 0.15) is 45.0 Å². The van der Waals surface area contributed by atoms with Crippen molar-refractivity contribution in [2.45, 2.75) is 40.2 Å². The van der Waals surface area contributed by atoms with Crippen LogP contribution in [-0.4, -0.2) is 37.8 Å². The van der Waals surface area contributed by atoms with Crippen molar-refractivity contribution in [3.05, 3.63) is 29.8 Å². The smallest absolute Gasteiger partial charge is 0.407 e. The van der Waals surface area contributed by atoms with Crippen molar-refractivity contribution in [1.82, 2.24) is 5.32 Å². The summed E-state index contributed by atoms with van der Waals surface area (Å²) >= 11 is 0. The lowest BCUT2D eigenvalue weighted by molar-refractivity contribution is 0.0534. The second kappa shape index (κ2) is 11.7. The maximum Gasteiger partial charge on any atom is 0.407 e. The number of alkyl carbamates (subject to hydrolysis) is 1. The van der Waals surface area contributed by atoms with Gasteiger partial charge in [-0.1, -0.05) is 26.0 Å². The van der Waals surface area contributed by atoms with E-state index in [1.165, 1.54) is 19.2 Å². The number of nitrogens with two attached hydrogens (primary N) is 2. The molecule has 0 bridgehead atoms. The lowest BCUT2D eigenvalue weighted by Crippen LogP contribution is -2.32. The SMILES string of the molecule is CC.COc1cc(C(N)=O)cc(N)c1NC/C=C/CNC(=O)OC(C)(C)C. The number of carbonyl (C=O) groups is 2. The van der Waals surface area contributed by atoms with Crippen LogP contribution < -0.4 is 26.8 Å². The van der Waals surface area contributed by atoms with E-state index in [2.05, 4.69) is 10.6 Å². The number of primary amides is 1. The number of carbonyl (C=O) groups excluding carboxylic acids is 2. The molecule has 6 N–H and O–H groups in total. The molecule has 2 amide bonds. The highest BCUT2D eigenvalue weighted by atomic mass is 16.6. The van der Waals surface area contributed by atoms with Crippen LogP contribution in [0, 0.1) is 0 Å². The molecular weight excluding hydrogens is 348 g/mol. The fourth-order valence-corrected chi connectivity index (χ4v) is 1.91. The van der Waals surface area contributed by atoms with Crippen LogP contribution in [0.4, 0.5) is 16.2 Å². The van der Waals surface area contributed by atoms with Crippen LogP contribution >= 0.6 is 0 Å². The van der Waals surface area contributed by atoms with Crippen molar-refractivity contribution >= 4 is 23.4 Å². The zero-order chi connectivity index (χ0) is 21.0. The molecule has 0 saturated heterocycles. The van der Waals surface area contributed by atoms with Crippen molar-refractivity contribution in [3.63, 3.8) is 0 Å². The zero-order valence-corrected chi connectivity index (χ0v) is 17.0. The van der Waals surface area contributed by atoms with Gasteiger partial charge >= 0.3 is 6.09 Å². The van der Waals surface area contributed by atoms with E-state index in [0.717, 1.165) is 0 Å². The van der Waals surface area contributed by atoms with Gasteiger partial charge in [-0.05, 0) is 32.9 Å². The number of nitrogens with one attached hydrogen (secondary N) is 2. The average molecular weight is 380 g/mol. The summed E-state index contributed by atoms with van der Waals surface area (Å²) in [5.74, 6) is -0.154. The Balaban J connectivity index is 0.00000326. The van der Waals surface area contributed by atoms with E-state index < -0.39 is 17.6 Å². The molecule has 0 aliphatic heterocycles. The Morgan fingerprint density at radius 1 is 1.15 bits per heavy atom. The molecule has 0 unspecified atom stereocenters. The van der Waals surface area contributed by atoms with Crippen LogP contribution in [-0.2, 0) is 4.74 Å². The van der Waals surface area contributed by atoms with E-state index in [-0.39, 0.29) is 5.56 Å². The first-order valence-electron chi connectivity index (χ1n) is 8.77. The predicted octanol–water partition coefficient (Wildman–Crippen LogP) is 2.90. The fraction of sp³-hybridized carbons (Fsp3) is 0.474. The molecule has 0 spiro atoms. The van der Waals surface area contributed by atoms with Gasteiger partial charge in [0.1, 0.15) is 17.0 Å². The summed E-state index contributed by atoms with van der Waals surface area (Å²) < 4.78 is 10.3. The summed E-state index contributed by atoms with van der Waals surface area (Å²) in [6, 6.07) is 3.01. The lowest BCUT2D eigenvalue weighted by atomic mass is 10.1.